The zero-order chi connectivity index (χ0) is 18.9. The molecule has 0 radical (unpaired) electrons. The number of nitrogens with zero attached hydrogens (tertiary/aromatic N) is 3. The number of ether oxygens (including phenoxy) is 1. The standard InChI is InChI=1S/C20H16F3N3O/c21-20(22,23)17-8-4-5-14-13-26(12-10-16(14)17)19-24-11-9-18(25-19)27-15-6-2-1-3-7-15/h1-9,11H,10,12-13H2. The molecule has 0 aliphatic carbocycles. The average Bonchev–Trinajstić information content (AvgIpc) is 2.67. The summed E-state index contributed by atoms with van der Waals surface area (Å²) in [7, 11) is 0. The second-order valence-electron chi connectivity index (χ2n) is 6.22. The van der Waals surface area contributed by atoms with Crippen molar-refractivity contribution in [1.29, 1.82) is 0 Å². The van der Waals surface area contributed by atoms with Crippen LogP contribution in [-0.2, 0) is 19.1 Å². The van der Waals surface area contributed by atoms with E-state index in [2.05, 4.69) is 9.97 Å². The van der Waals surface area contributed by atoms with Gasteiger partial charge in [-0.2, -0.15) is 18.2 Å². The Hall–Kier alpha value is -3.09. The van der Waals surface area contributed by atoms with E-state index in [1.165, 1.54) is 6.07 Å². The number of hydrogen-bond donors (Lipinski definition) is 0. The fraction of sp³-hybridized carbons (Fsp3) is 0.200. The van der Waals surface area contributed by atoms with Crippen molar-refractivity contribution in [2.75, 3.05) is 11.4 Å². The van der Waals surface area contributed by atoms with E-state index in [1.54, 1.807) is 18.3 Å². The summed E-state index contributed by atoms with van der Waals surface area (Å²) in [5, 5.41) is 0. The zero-order valence-corrected chi connectivity index (χ0v) is 14.3. The first-order valence-electron chi connectivity index (χ1n) is 8.49. The highest BCUT2D eigenvalue weighted by atomic mass is 19.4. The summed E-state index contributed by atoms with van der Waals surface area (Å²) in [5.41, 5.74) is 0.453. The van der Waals surface area contributed by atoms with Gasteiger partial charge >= 0.3 is 6.18 Å². The van der Waals surface area contributed by atoms with Gasteiger partial charge in [0.25, 0.3) is 0 Å². The van der Waals surface area contributed by atoms with Crippen molar-refractivity contribution in [3.63, 3.8) is 0 Å². The Labute approximate surface area is 154 Å². The first-order valence-corrected chi connectivity index (χ1v) is 8.49. The summed E-state index contributed by atoms with van der Waals surface area (Å²) in [6, 6.07) is 15.2. The summed E-state index contributed by atoms with van der Waals surface area (Å²) >= 11 is 0. The van der Waals surface area contributed by atoms with Crippen LogP contribution in [0.25, 0.3) is 0 Å². The van der Waals surface area contributed by atoms with Crippen molar-refractivity contribution >= 4 is 5.95 Å². The quantitative estimate of drug-likeness (QED) is 0.660. The van der Waals surface area contributed by atoms with Crippen molar-refractivity contribution in [3.8, 4) is 11.6 Å². The third kappa shape index (κ3) is 3.72. The molecular formula is C20H16F3N3O. The first-order chi connectivity index (χ1) is 13.0. The molecule has 1 aliphatic rings. The predicted molar refractivity (Wildman–Crippen MR) is 94.7 cm³/mol. The molecular weight excluding hydrogens is 355 g/mol. The third-order valence-corrected chi connectivity index (χ3v) is 4.44. The maximum Gasteiger partial charge on any atom is 0.416 e. The molecule has 0 N–H and O–H groups in total. The molecule has 7 heteroatoms. The van der Waals surface area contributed by atoms with Gasteiger partial charge in [0.1, 0.15) is 5.75 Å². The molecule has 1 aromatic heterocycles. The Morgan fingerprint density at radius 2 is 1.78 bits per heavy atom. The fourth-order valence-electron chi connectivity index (χ4n) is 3.20. The minimum atomic E-state index is -4.34. The molecule has 2 heterocycles. The van der Waals surface area contributed by atoms with Crippen LogP contribution < -0.4 is 9.64 Å². The topological polar surface area (TPSA) is 38.2 Å². The SMILES string of the molecule is FC(F)(F)c1cccc2c1CCN(c1nccc(Oc3ccccc3)n1)C2. The van der Waals surface area contributed by atoms with E-state index < -0.39 is 11.7 Å². The van der Waals surface area contributed by atoms with Crippen LogP contribution in [0.2, 0.25) is 0 Å². The van der Waals surface area contributed by atoms with Crippen LogP contribution in [0.5, 0.6) is 11.6 Å². The number of halogens is 3. The van der Waals surface area contributed by atoms with Gasteiger partial charge < -0.3 is 9.64 Å². The largest absolute Gasteiger partial charge is 0.439 e. The minimum absolute atomic E-state index is 0.290. The second-order valence-corrected chi connectivity index (χ2v) is 6.22. The van der Waals surface area contributed by atoms with E-state index in [0.717, 1.165) is 6.07 Å². The third-order valence-electron chi connectivity index (χ3n) is 4.44. The van der Waals surface area contributed by atoms with Crippen LogP contribution in [-0.4, -0.2) is 16.5 Å². The highest BCUT2D eigenvalue weighted by Gasteiger charge is 2.35. The number of benzene rings is 2. The van der Waals surface area contributed by atoms with Gasteiger partial charge in [-0.25, -0.2) is 4.98 Å². The molecule has 4 rings (SSSR count). The number of rotatable bonds is 3. The molecule has 3 aromatic rings. The smallest absolute Gasteiger partial charge is 0.416 e. The molecule has 0 saturated heterocycles. The van der Waals surface area contributed by atoms with Gasteiger partial charge in [0.15, 0.2) is 0 Å². The van der Waals surface area contributed by atoms with Crippen LogP contribution in [0.15, 0.2) is 60.8 Å². The molecule has 138 valence electrons. The number of hydrogen-bond acceptors (Lipinski definition) is 4. The molecule has 27 heavy (non-hydrogen) atoms. The van der Waals surface area contributed by atoms with Crippen molar-refractivity contribution in [3.05, 3.63) is 77.5 Å². The van der Waals surface area contributed by atoms with Gasteiger partial charge in [-0.15, -0.1) is 0 Å². The van der Waals surface area contributed by atoms with Gasteiger partial charge in [0.2, 0.25) is 11.8 Å². The van der Waals surface area contributed by atoms with Crippen LogP contribution >= 0.6 is 0 Å². The van der Waals surface area contributed by atoms with Gasteiger partial charge in [-0.1, -0.05) is 30.3 Å². The molecule has 0 atom stereocenters. The van der Waals surface area contributed by atoms with E-state index >= 15 is 0 Å². The maximum absolute atomic E-state index is 13.2. The van der Waals surface area contributed by atoms with Crippen molar-refractivity contribution in [2.24, 2.45) is 0 Å². The summed E-state index contributed by atoms with van der Waals surface area (Å²) in [5.74, 6) is 1.48. The summed E-state index contributed by atoms with van der Waals surface area (Å²) in [6.45, 7) is 0.739. The molecule has 0 saturated carbocycles. The Morgan fingerprint density at radius 3 is 2.56 bits per heavy atom. The molecule has 0 fully saturated rings. The number of para-hydroxylation sites is 1. The molecule has 0 amide bonds. The molecule has 0 spiro atoms. The Kier molecular flexibility index (Phi) is 4.43. The van der Waals surface area contributed by atoms with E-state index in [0.29, 0.717) is 41.8 Å². The monoisotopic (exact) mass is 371 g/mol. The molecule has 0 bridgehead atoms. The van der Waals surface area contributed by atoms with Crippen LogP contribution in [0.1, 0.15) is 16.7 Å². The van der Waals surface area contributed by atoms with Crippen LogP contribution in [0.3, 0.4) is 0 Å². The maximum atomic E-state index is 13.2. The zero-order valence-electron chi connectivity index (χ0n) is 14.3. The van der Waals surface area contributed by atoms with Crippen LogP contribution in [0, 0.1) is 0 Å². The minimum Gasteiger partial charge on any atom is -0.439 e. The number of alkyl halides is 3. The van der Waals surface area contributed by atoms with Crippen molar-refractivity contribution < 1.29 is 17.9 Å². The van der Waals surface area contributed by atoms with Gasteiger partial charge in [0.05, 0.1) is 5.56 Å². The summed E-state index contributed by atoms with van der Waals surface area (Å²) < 4.78 is 45.3. The molecule has 1 aliphatic heterocycles. The lowest BCUT2D eigenvalue weighted by Crippen LogP contribution is -2.33. The highest BCUT2D eigenvalue weighted by molar-refractivity contribution is 5.45. The number of aromatic nitrogens is 2. The van der Waals surface area contributed by atoms with Gasteiger partial charge in [0, 0.05) is 25.4 Å². The molecule has 4 nitrogen and oxygen atoms in total. The van der Waals surface area contributed by atoms with Crippen LogP contribution in [0.4, 0.5) is 19.1 Å². The predicted octanol–water partition coefficient (Wildman–Crippen LogP) is 4.85. The number of fused-ring (bicyclic) bond motifs is 1. The lowest BCUT2D eigenvalue weighted by molar-refractivity contribution is -0.138. The Balaban J connectivity index is 1.57. The fourth-order valence-corrected chi connectivity index (χ4v) is 3.20. The highest BCUT2D eigenvalue weighted by Crippen LogP contribution is 2.36. The normalized spacial score (nSPS) is 14.0. The van der Waals surface area contributed by atoms with Crippen molar-refractivity contribution in [1.82, 2.24) is 9.97 Å². The number of anilines is 1. The average molecular weight is 371 g/mol. The summed E-state index contributed by atoms with van der Waals surface area (Å²) in [6.07, 6.45) is -2.46. The summed E-state index contributed by atoms with van der Waals surface area (Å²) in [4.78, 5) is 10.5. The van der Waals surface area contributed by atoms with E-state index in [1.807, 2.05) is 35.2 Å². The lowest BCUT2D eigenvalue weighted by atomic mass is 9.94. The van der Waals surface area contributed by atoms with Gasteiger partial charge in [-0.05, 0) is 35.7 Å². The lowest BCUT2D eigenvalue weighted by Gasteiger charge is -2.30. The van der Waals surface area contributed by atoms with Gasteiger partial charge in [-0.3, -0.25) is 0 Å². The second kappa shape index (κ2) is 6.90. The van der Waals surface area contributed by atoms with E-state index in [-0.39, 0.29) is 6.42 Å². The molecule has 0 unspecified atom stereocenters. The van der Waals surface area contributed by atoms with Crippen molar-refractivity contribution in [2.45, 2.75) is 19.1 Å². The van der Waals surface area contributed by atoms with E-state index in [9.17, 15) is 13.2 Å². The molecule has 2 aromatic carbocycles. The Bertz CT molecular complexity index is 945. The first kappa shape index (κ1) is 17.3. The Morgan fingerprint density at radius 1 is 0.963 bits per heavy atom. The van der Waals surface area contributed by atoms with E-state index in [4.69, 9.17) is 4.74 Å².